The molecule has 2 bridgehead atoms. The largest absolute Gasteiger partial charge is 0.462 e. The molecule has 11 atom stereocenters. The summed E-state index contributed by atoms with van der Waals surface area (Å²) in [6, 6.07) is 0. The summed E-state index contributed by atoms with van der Waals surface area (Å²) >= 11 is 6.81. The van der Waals surface area contributed by atoms with Gasteiger partial charge in [-0.15, -0.1) is 11.6 Å². The Hall–Kier alpha value is -2.43. The second-order valence-electron chi connectivity index (χ2n) is 10.6. The Kier molecular flexibility index (Phi) is 7.01. The number of fused-ring (bicyclic) bond motifs is 2. The van der Waals surface area contributed by atoms with Gasteiger partial charge in [-0.25, -0.2) is 0 Å². The van der Waals surface area contributed by atoms with Crippen LogP contribution in [0.25, 0.3) is 0 Å². The minimum absolute atomic E-state index is 0.219. The number of carbonyl (C=O) groups excluding carboxylic acids is 4. The van der Waals surface area contributed by atoms with Crippen LogP contribution in [0.3, 0.4) is 0 Å². The number of rotatable bonds is 3. The summed E-state index contributed by atoms with van der Waals surface area (Å²) in [4.78, 5) is 49.9. The van der Waals surface area contributed by atoms with Crippen molar-refractivity contribution in [1.29, 1.82) is 0 Å². The zero-order valence-corrected chi connectivity index (χ0v) is 22.3. The van der Waals surface area contributed by atoms with E-state index < -0.39 is 88.7 Å². The third-order valence-corrected chi connectivity index (χ3v) is 8.97. The van der Waals surface area contributed by atoms with Crippen LogP contribution in [0.1, 0.15) is 47.5 Å². The van der Waals surface area contributed by atoms with E-state index in [0.717, 1.165) is 0 Å². The first-order valence-corrected chi connectivity index (χ1v) is 12.7. The second kappa shape index (κ2) is 9.39. The van der Waals surface area contributed by atoms with Gasteiger partial charge in [0.25, 0.3) is 0 Å². The van der Waals surface area contributed by atoms with E-state index >= 15 is 0 Å². The van der Waals surface area contributed by atoms with Crippen LogP contribution in [-0.4, -0.2) is 76.6 Å². The fraction of sp³-hybridized carbons (Fsp3) is 0.692. The van der Waals surface area contributed by atoms with Crippen LogP contribution in [0, 0.1) is 17.3 Å². The van der Waals surface area contributed by atoms with Crippen LogP contribution < -0.4 is 0 Å². The maximum atomic E-state index is 13.0. The summed E-state index contributed by atoms with van der Waals surface area (Å²) in [5.41, 5.74) is -2.25. The van der Waals surface area contributed by atoms with Crippen molar-refractivity contribution in [3.8, 4) is 0 Å². The number of carbonyl (C=O) groups is 4. The van der Waals surface area contributed by atoms with Crippen molar-refractivity contribution in [1.82, 2.24) is 0 Å². The first kappa shape index (κ1) is 27.6. The molecule has 4 rings (SSSR count). The van der Waals surface area contributed by atoms with Gasteiger partial charge in [-0.3, -0.25) is 19.2 Å². The number of halogens is 1. The maximum Gasteiger partial charge on any atom is 0.312 e. The Morgan fingerprint density at radius 3 is 2.24 bits per heavy atom. The van der Waals surface area contributed by atoms with Crippen molar-refractivity contribution in [3.05, 3.63) is 24.3 Å². The predicted molar refractivity (Wildman–Crippen MR) is 128 cm³/mol. The summed E-state index contributed by atoms with van der Waals surface area (Å²) in [6.07, 6.45) is -6.58. The molecule has 1 unspecified atom stereocenters. The minimum Gasteiger partial charge on any atom is -0.462 e. The van der Waals surface area contributed by atoms with E-state index in [9.17, 15) is 24.3 Å². The first-order chi connectivity index (χ1) is 17.2. The highest BCUT2D eigenvalue weighted by Crippen LogP contribution is 2.60. The fourth-order valence-corrected chi connectivity index (χ4v) is 7.14. The molecular formula is C26H33ClO10. The molecule has 0 aromatic carbocycles. The lowest BCUT2D eigenvalue weighted by Crippen LogP contribution is -2.75. The summed E-state index contributed by atoms with van der Waals surface area (Å²) in [6.45, 7) is 15.1. The number of esters is 4. The average molecular weight is 541 g/mol. The van der Waals surface area contributed by atoms with Gasteiger partial charge in [-0.1, -0.05) is 25.7 Å². The summed E-state index contributed by atoms with van der Waals surface area (Å²) in [5.74, 6) is -4.45. The number of aliphatic hydroxyl groups excluding tert-OH is 1. The molecule has 11 heteroatoms. The second-order valence-corrected chi connectivity index (χ2v) is 11.1. The predicted octanol–water partition coefficient (Wildman–Crippen LogP) is 1.99. The molecule has 10 nitrogen and oxygen atoms in total. The van der Waals surface area contributed by atoms with Gasteiger partial charge in [0.2, 0.25) is 0 Å². The SMILES string of the molecule is C=C1CC[C@H](OC(C)=O)[C@@]2(C)[C@H]1[C@H](OC(C)=O)[C@@]13O[C@H](C(=C)[C@H](Cl)[C@@H]1OC(=O)C3C)[C@@H](OC(C)=O)[C@@H]2O. The summed E-state index contributed by atoms with van der Waals surface area (Å²) < 4.78 is 29.5. The highest BCUT2D eigenvalue weighted by molar-refractivity contribution is 6.23. The Morgan fingerprint density at radius 2 is 1.68 bits per heavy atom. The quantitative estimate of drug-likeness (QED) is 0.245. The number of ether oxygens (including phenoxy) is 5. The van der Waals surface area contributed by atoms with Gasteiger partial charge in [0.1, 0.15) is 24.4 Å². The molecule has 1 saturated carbocycles. The van der Waals surface area contributed by atoms with E-state index in [4.69, 9.17) is 35.3 Å². The molecule has 4 aliphatic rings. The zero-order chi connectivity index (χ0) is 27.6. The van der Waals surface area contributed by atoms with E-state index in [-0.39, 0.29) is 5.57 Å². The van der Waals surface area contributed by atoms with E-state index in [0.29, 0.717) is 18.4 Å². The topological polar surface area (TPSA) is 135 Å². The normalized spacial score (nSPS) is 44.9. The third kappa shape index (κ3) is 3.99. The Bertz CT molecular complexity index is 1060. The lowest BCUT2D eigenvalue weighted by molar-refractivity contribution is -0.292. The van der Waals surface area contributed by atoms with Crippen molar-refractivity contribution in [2.45, 2.75) is 95.1 Å². The van der Waals surface area contributed by atoms with E-state index in [1.54, 1.807) is 13.8 Å². The molecule has 3 aliphatic heterocycles. The number of alkyl halides is 1. The van der Waals surface area contributed by atoms with Gasteiger partial charge in [-0.2, -0.15) is 0 Å². The Morgan fingerprint density at radius 1 is 1.08 bits per heavy atom. The molecule has 0 aromatic rings. The van der Waals surface area contributed by atoms with Crippen molar-refractivity contribution in [2.24, 2.45) is 17.3 Å². The van der Waals surface area contributed by atoms with E-state index in [1.165, 1.54) is 20.8 Å². The van der Waals surface area contributed by atoms with Crippen molar-refractivity contribution in [2.75, 3.05) is 0 Å². The molecule has 37 heavy (non-hydrogen) atoms. The van der Waals surface area contributed by atoms with Crippen LogP contribution in [0.15, 0.2) is 24.3 Å². The third-order valence-electron chi connectivity index (χ3n) is 8.46. The van der Waals surface area contributed by atoms with Crippen molar-refractivity contribution in [3.63, 3.8) is 0 Å². The molecule has 4 fully saturated rings. The molecule has 204 valence electrons. The molecule has 0 radical (unpaired) electrons. The summed E-state index contributed by atoms with van der Waals surface area (Å²) in [7, 11) is 0. The Balaban J connectivity index is 2.05. The zero-order valence-electron chi connectivity index (χ0n) is 21.5. The molecule has 1 N–H and O–H groups in total. The highest BCUT2D eigenvalue weighted by Gasteiger charge is 2.75. The number of hydrogen-bond acceptors (Lipinski definition) is 10. The Labute approximate surface area is 220 Å². The van der Waals surface area contributed by atoms with Crippen LogP contribution in [-0.2, 0) is 42.9 Å². The monoisotopic (exact) mass is 540 g/mol. The minimum atomic E-state index is -1.65. The van der Waals surface area contributed by atoms with Crippen LogP contribution in [0.2, 0.25) is 0 Å². The van der Waals surface area contributed by atoms with Crippen LogP contribution in [0.4, 0.5) is 0 Å². The number of aliphatic hydroxyl groups is 1. The molecule has 0 aromatic heterocycles. The molecular weight excluding hydrogens is 508 g/mol. The van der Waals surface area contributed by atoms with Gasteiger partial charge >= 0.3 is 23.9 Å². The van der Waals surface area contributed by atoms with Gasteiger partial charge < -0.3 is 28.8 Å². The lowest BCUT2D eigenvalue weighted by Gasteiger charge is -2.61. The fourth-order valence-electron chi connectivity index (χ4n) is 6.77. The molecule has 3 saturated heterocycles. The van der Waals surface area contributed by atoms with Gasteiger partial charge in [-0.05, 0) is 25.3 Å². The smallest absolute Gasteiger partial charge is 0.312 e. The van der Waals surface area contributed by atoms with Crippen LogP contribution >= 0.6 is 11.6 Å². The van der Waals surface area contributed by atoms with Crippen molar-refractivity contribution >= 4 is 35.5 Å². The number of hydrogen-bond donors (Lipinski definition) is 1. The lowest BCUT2D eigenvalue weighted by atomic mass is 9.53. The average Bonchev–Trinajstić information content (AvgIpc) is 3.05. The van der Waals surface area contributed by atoms with Gasteiger partial charge in [0.05, 0.1) is 11.3 Å². The first-order valence-electron chi connectivity index (χ1n) is 12.3. The van der Waals surface area contributed by atoms with E-state index in [2.05, 4.69) is 13.2 Å². The molecule has 3 heterocycles. The maximum absolute atomic E-state index is 13.0. The highest BCUT2D eigenvalue weighted by atomic mass is 35.5. The summed E-state index contributed by atoms with van der Waals surface area (Å²) in [5, 5.41) is 11.0. The van der Waals surface area contributed by atoms with E-state index in [1.807, 2.05) is 0 Å². The van der Waals surface area contributed by atoms with Gasteiger partial charge in [0, 0.05) is 32.1 Å². The van der Waals surface area contributed by atoms with Gasteiger partial charge in [0.15, 0.2) is 17.8 Å². The molecule has 0 amide bonds. The van der Waals surface area contributed by atoms with Crippen molar-refractivity contribution < 1.29 is 48.0 Å². The van der Waals surface area contributed by atoms with Crippen LogP contribution in [0.5, 0.6) is 0 Å². The molecule has 1 spiro atoms. The standard InChI is InChI=1S/C26H33ClO10/c1-10-8-9-16(33-13(4)28)25(7)17(10)22(35-15(6)30)26-12(3)24(32)36-23(26)18(27)11(2)19(37-26)20(21(25)31)34-14(5)29/h12,16-23,31H,1-2,8-9H2,3-7H3/t12?,16-,17+,18-,19+,20+,21-,22-,23-,25-,26+/m0/s1. The molecule has 1 aliphatic carbocycles.